The van der Waals surface area contributed by atoms with Gasteiger partial charge in [0.05, 0.1) is 5.92 Å². The zero-order valence-corrected chi connectivity index (χ0v) is 19.6. The number of allylic oxidation sites excluding steroid dienone is 1. The highest BCUT2D eigenvalue weighted by atomic mass is 16.6. The lowest BCUT2D eigenvalue weighted by Crippen LogP contribution is -2.53. The highest BCUT2D eigenvalue weighted by molar-refractivity contribution is 5.76. The number of carbonyl (C=O) groups is 1. The molecular weight excluding hydrogens is 384 g/mol. The highest BCUT2D eigenvalue weighted by Crippen LogP contribution is 2.54. The molecule has 5 rings (SSSR count). The molecule has 2 aliphatic heterocycles. The van der Waals surface area contributed by atoms with Crippen LogP contribution in [0.2, 0.25) is 0 Å². The molecule has 1 aromatic rings. The minimum Gasteiger partial charge on any atom is -0.461 e. The van der Waals surface area contributed by atoms with Gasteiger partial charge in [-0.3, -0.25) is 9.69 Å². The zero-order chi connectivity index (χ0) is 21.8. The second-order valence-corrected chi connectivity index (χ2v) is 11.0. The monoisotopic (exact) mass is 422 g/mol. The Bertz CT molecular complexity index is 880. The number of fused-ring (bicyclic) bond motifs is 2. The van der Waals surface area contributed by atoms with Crippen LogP contribution in [0.5, 0.6) is 0 Å². The predicted molar refractivity (Wildman–Crippen MR) is 125 cm³/mol. The lowest BCUT2D eigenvalue weighted by atomic mass is 9.59. The molecule has 2 aliphatic carbocycles. The van der Waals surface area contributed by atoms with Crippen molar-refractivity contribution in [1.29, 1.82) is 0 Å². The summed E-state index contributed by atoms with van der Waals surface area (Å²) in [7, 11) is 0. The van der Waals surface area contributed by atoms with Crippen molar-refractivity contribution < 1.29 is 9.53 Å². The van der Waals surface area contributed by atoms with Crippen molar-refractivity contribution >= 4 is 11.7 Å². The van der Waals surface area contributed by atoms with Gasteiger partial charge in [-0.05, 0) is 62.1 Å². The molecule has 0 aromatic heterocycles. The number of carbonyl (C=O) groups excluding carboxylic acids is 1. The lowest BCUT2D eigenvalue weighted by Gasteiger charge is -2.46. The van der Waals surface area contributed by atoms with Crippen LogP contribution in [-0.4, -0.2) is 49.2 Å². The van der Waals surface area contributed by atoms with Crippen molar-refractivity contribution in [3.63, 3.8) is 0 Å². The van der Waals surface area contributed by atoms with Crippen LogP contribution < -0.4 is 4.90 Å². The summed E-state index contributed by atoms with van der Waals surface area (Å²) in [5.74, 6) is 0.944. The van der Waals surface area contributed by atoms with E-state index in [1.54, 1.807) is 5.57 Å². The quantitative estimate of drug-likeness (QED) is 0.516. The van der Waals surface area contributed by atoms with Gasteiger partial charge in [0.15, 0.2) is 0 Å². The van der Waals surface area contributed by atoms with E-state index in [0.29, 0.717) is 12.0 Å². The molecule has 31 heavy (non-hydrogen) atoms. The Morgan fingerprint density at radius 1 is 1.23 bits per heavy atom. The van der Waals surface area contributed by atoms with E-state index in [9.17, 15) is 4.79 Å². The van der Waals surface area contributed by atoms with Gasteiger partial charge < -0.3 is 9.64 Å². The summed E-state index contributed by atoms with van der Waals surface area (Å²) < 4.78 is 5.98. The van der Waals surface area contributed by atoms with Crippen LogP contribution in [0.4, 0.5) is 5.69 Å². The van der Waals surface area contributed by atoms with Gasteiger partial charge in [-0.1, -0.05) is 44.1 Å². The van der Waals surface area contributed by atoms with Crippen LogP contribution in [0.15, 0.2) is 35.9 Å². The number of nitrogens with zero attached hydrogens (tertiary/aromatic N) is 2. The maximum Gasteiger partial charge on any atom is 0.311 e. The topological polar surface area (TPSA) is 32.8 Å². The van der Waals surface area contributed by atoms with Crippen LogP contribution in [-0.2, 0) is 9.53 Å². The molecule has 1 aromatic carbocycles. The molecule has 0 N–H and O–H groups in total. The summed E-state index contributed by atoms with van der Waals surface area (Å²) in [5, 5.41) is 0. The second-order valence-electron chi connectivity index (χ2n) is 11.0. The number of benzene rings is 1. The summed E-state index contributed by atoms with van der Waals surface area (Å²) >= 11 is 0. The molecule has 2 saturated heterocycles. The van der Waals surface area contributed by atoms with E-state index in [1.165, 1.54) is 30.5 Å². The van der Waals surface area contributed by atoms with Gasteiger partial charge in [0.25, 0.3) is 0 Å². The molecular formula is C27H38N2O2. The van der Waals surface area contributed by atoms with Gasteiger partial charge in [-0.2, -0.15) is 0 Å². The van der Waals surface area contributed by atoms with Gasteiger partial charge >= 0.3 is 5.97 Å². The summed E-state index contributed by atoms with van der Waals surface area (Å²) in [5.41, 5.74) is 4.47. The van der Waals surface area contributed by atoms with Crippen LogP contribution >= 0.6 is 0 Å². The van der Waals surface area contributed by atoms with Crippen molar-refractivity contribution in [3.8, 4) is 0 Å². The molecule has 0 radical (unpaired) electrons. The number of piperazine rings is 1. The Kier molecular flexibility index (Phi) is 5.40. The third kappa shape index (κ3) is 3.82. The van der Waals surface area contributed by atoms with Gasteiger partial charge in [0, 0.05) is 43.8 Å². The van der Waals surface area contributed by atoms with Gasteiger partial charge in [-0.25, -0.2) is 0 Å². The summed E-state index contributed by atoms with van der Waals surface area (Å²) in [6, 6.07) is 9.24. The molecule has 168 valence electrons. The first-order chi connectivity index (χ1) is 14.8. The third-order valence-corrected chi connectivity index (χ3v) is 8.58. The van der Waals surface area contributed by atoms with Crippen molar-refractivity contribution in [1.82, 2.24) is 4.90 Å². The fraction of sp³-hybridized carbons (Fsp3) is 0.667. The molecule has 4 nitrogen and oxygen atoms in total. The zero-order valence-electron chi connectivity index (χ0n) is 19.6. The number of esters is 1. The molecule has 4 aliphatic rings. The number of hydrogen-bond donors (Lipinski definition) is 0. The molecule has 0 amide bonds. The van der Waals surface area contributed by atoms with Gasteiger partial charge in [0.1, 0.15) is 6.10 Å². The Morgan fingerprint density at radius 3 is 2.84 bits per heavy atom. The Balaban J connectivity index is 1.29. The summed E-state index contributed by atoms with van der Waals surface area (Å²) in [6.45, 7) is 13.1. The van der Waals surface area contributed by atoms with E-state index < -0.39 is 0 Å². The van der Waals surface area contributed by atoms with Crippen LogP contribution in [0.3, 0.4) is 0 Å². The molecule has 4 heteroatoms. The van der Waals surface area contributed by atoms with Crippen LogP contribution in [0.1, 0.15) is 52.0 Å². The van der Waals surface area contributed by atoms with E-state index in [2.05, 4.69) is 67.8 Å². The van der Waals surface area contributed by atoms with Crippen molar-refractivity contribution in [2.45, 2.75) is 65.5 Å². The highest BCUT2D eigenvalue weighted by Gasteiger charge is 2.52. The standard InChI is InChI=1S/C27H38N2O2/c1-18-7-5-9-21(13-18)29-12-11-28(16-20(29)3)17-23-22-14-24-19(2)8-6-10-27(24,4)15-25(22)31-26(23)30/h5,7,9,13-14,19-20,22-23,25H,6,8,10-12,15-17H2,1-4H3. The van der Waals surface area contributed by atoms with E-state index >= 15 is 0 Å². The number of hydrogen-bond acceptors (Lipinski definition) is 4. The van der Waals surface area contributed by atoms with Gasteiger partial charge in [0.2, 0.25) is 0 Å². The first kappa shape index (κ1) is 21.1. The number of anilines is 1. The second kappa shape index (κ2) is 7.95. The molecule has 0 spiro atoms. The molecule has 0 bridgehead atoms. The summed E-state index contributed by atoms with van der Waals surface area (Å²) in [4.78, 5) is 17.9. The minimum absolute atomic E-state index is 0.00565. The van der Waals surface area contributed by atoms with Crippen molar-refractivity contribution in [2.75, 3.05) is 31.1 Å². The van der Waals surface area contributed by atoms with E-state index in [-0.39, 0.29) is 29.3 Å². The van der Waals surface area contributed by atoms with Crippen LogP contribution in [0, 0.1) is 30.1 Å². The smallest absolute Gasteiger partial charge is 0.311 e. The fourth-order valence-corrected chi connectivity index (χ4v) is 6.93. The molecule has 6 atom stereocenters. The van der Waals surface area contributed by atoms with E-state index in [1.807, 2.05) is 0 Å². The van der Waals surface area contributed by atoms with E-state index in [4.69, 9.17) is 4.74 Å². The summed E-state index contributed by atoms with van der Waals surface area (Å²) in [6.07, 6.45) is 7.42. The van der Waals surface area contributed by atoms with Crippen molar-refractivity contribution in [3.05, 3.63) is 41.5 Å². The Morgan fingerprint density at radius 2 is 2.06 bits per heavy atom. The Labute approximate surface area is 187 Å². The van der Waals surface area contributed by atoms with Crippen molar-refractivity contribution in [2.24, 2.45) is 23.2 Å². The third-order valence-electron chi connectivity index (χ3n) is 8.58. The average molecular weight is 423 g/mol. The SMILES string of the molecule is Cc1cccc(N2CCN(CC3C(=O)OC4CC5(C)CCCC(C)C5=CC43)CC2C)c1. The fourth-order valence-electron chi connectivity index (χ4n) is 6.93. The first-order valence-electron chi connectivity index (χ1n) is 12.3. The molecule has 6 unspecified atom stereocenters. The maximum absolute atomic E-state index is 12.9. The largest absolute Gasteiger partial charge is 0.461 e. The number of rotatable bonds is 3. The molecule has 3 fully saturated rings. The number of aryl methyl sites for hydroxylation is 1. The lowest BCUT2D eigenvalue weighted by molar-refractivity contribution is -0.145. The number of ether oxygens (including phenoxy) is 1. The molecule has 2 heterocycles. The Hall–Kier alpha value is -1.81. The normalized spacial score (nSPS) is 38.3. The van der Waals surface area contributed by atoms with Gasteiger partial charge in [-0.15, -0.1) is 0 Å². The molecule has 1 saturated carbocycles. The van der Waals surface area contributed by atoms with Crippen LogP contribution in [0.25, 0.3) is 0 Å². The maximum atomic E-state index is 12.9. The predicted octanol–water partition coefficient (Wildman–Crippen LogP) is 4.82. The minimum atomic E-state index is -0.00565. The first-order valence-corrected chi connectivity index (χ1v) is 12.3. The van der Waals surface area contributed by atoms with E-state index in [0.717, 1.165) is 32.6 Å². The average Bonchev–Trinajstić information content (AvgIpc) is 3.00.